The zero-order chi connectivity index (χ0) is 10.2. The first kappa shape index (κ1) is 14.8. The molecule has 0 heterocycles. The highest BCUT2D eigenvalue weighted by Gasteiger charge is 2.00. The molecule has 86 valence electrons. The third kappa shape index (κ3) is 5.41. The molecule has 3 heteroatoms. The molecular formula is C12H19Cl2N. The first-order chi connectivity index (χ1) is 6.88. The molecular weight excluding hydrogens is 229 g/mol. The molecule has 0 atom stereocenters. The molecule has 0 unspecified atom stereocenters. The summed E-state index contributed by atoms with van der Waals surface area (Å²) in [6.07, 6.45) is 4.38. The number of unbranched alkanes of at least 4 members (excludes halogenated alkanes) is 1. The SMILES string of the molecule is Cl.NCCCCc1ccccc1CCCl. The topological polar surface area (TPSA) is 26.0 Å². The molecule has 2 N–H and O–H groups in total. The molecule has 0 amide bonds. The van der Waals surface area contributed by atoms with Crippen LogP contribution in [0.5, 0.6) is 0 Å². The van der Waals surface area contributed by atoms with E-state index in [-0.39, 0.29) is 12.4 Å². The summed E-state index contributed by atoms with van der Waals surface area (Å²) in [7, 11) is 0. The molecule has 1 aromatic carbocycles. The summed E-state index contributed by atoms with van der Waals surface area (Å²) in [6, 6.07) is 8.53. The van der Waals surface area contributed by atoms with Gasteiger partial charge in [0.1, 0.15) is 0 Å². The number of alkyl halides is 1. The van der Waals surface area contributed by atoms with E-state index in [2.05, 4.69) is 24.3 Å². The van der Waals surface area contributed by atoms with E-state index in [9.17, 15) is 0 Å². The Morgan fingerprint density at radius 1 is 1.00 bits per heavy atom. The molecule has 0 saturated heterocycles. The van der Waals surface area contributed by atoms with Crippen molar-refractivity contribution in [2.75, 3.05) is 12.4 Å². The molecule has 1 aromatic rings. The van der Waals surface area contributed by atoms with E-state index in [1.54, 1.807) is 0 Å². The van der Waals surface area contributed by atoms with Gasteiger partial charge in [-0.05, 0) is 43.4 Å². The summed E-state index contributed by atoms with van der Waals surface area (Å²) < 4.78 is 0. The third-order valence-electron chi connectivity index (χ3n) is 2.38. The van der Waals surface area contributed by atoms with E-state index in [1.165, 1.54) is 17.5 Å². The summed E-state index contributed by atoms with van der Waals surface area (Å²) in [6.45, 7) is 0.789. The molecule has 1 rings (SSSR count). The minimum Gasteiger partial charge on any atom is -0.330 e. The summed E-state index contributed by atoms with van der Waals surface area (Å²) in [5.74, 6) is 0.702. The lowest BCUT2D eigenvalue weighted by atomic mass is 10.0. The monoisotopic (exact) mass is 247 g/mol. The number of aryl methyl sites for hydroxylation is 2. The van der Waals surface area contributed by atoms with E-state index in [0.717, 1.165) is 25.8 Å². The van der Waals surface area contributed by atoms with Gasteiger partial charge in [-0.15, -0.1) is 24.0 Å². The highest BCUT2D eigenvalue weighted by Crippen LogP contribution is 2.13. The molecule has 0 aromatic heterocycles. The third-order valence-corrected chi connectivity index (χ3v) is 2.57. The lowest BCUT2D eigenvalue weighted by Crippen LogP contribution is -2.00. The second-order valence-electron chi connectivity index (χ2n) is 3.45. The van der Waals surface area contributed by atoms with E-state index in [4.69, 9.17) is 17.3 Å². The second kappa shape index (κ2) is 9.02. The van der Waals surface area contributed by atoms with Gasteiger partial charge >= 0.3 is 0 Å². The molecule has 0 fully saturated rings. The Kier molecular flexibility index (Phi) is 8.88. The van der Waals surface area contributed by atoms with E-state index < -0.39 is 0 Å². The van der Waals surface area contributed by atoms with Gasteiger partial charge in [-0.2, -0.15) is 0 Å². The normalized spacial score (nSPS) is 9.73. The Morgan fingerprint density at radius 2 is 1.60 bits per heavy atom. The Labute approximate surface area is 103 Å². The zero-order valence-corrected chi connectivity index (χ0v) is 10.5. The fourth-order valence-corrected chi connectivity index (χ4v) is 1.81. The molecule has 0 saturated carbocycles. The lowest BCUT2D eigenvalue weighted by molar-refractivity contribution is 0.740. The van der Waals surface area contributed by atoms with Crippen molar-refractivity contribution in [3.05, 3.63) is 35.4 Å². The molecule has 0 radical (unpaired) electrons. The number of hydrogen-bond acceptors (Lipinski definition) is 1. The quantitative estimate of drug-likeness (QED) is 0.607. The van der Waals surface area contributed by atoms with Crippen LogP contribution in [0.1, 0.15) is 24.0 Å². The van der Waals surface area contributed by atoms with Gasteiger partial charge in [0.15, 0.2) is 0 Å². The second-order valence-corrected chi connectivity index (χ2v) is 3.83. The van der Waals surface area contributed by atoms with Crippen molar-refractivity contribution in [1.29, 1.82) is 0 Å². The Balaban J connectivity index is 0.00000196. The van der Waals surface area contributed by atoms with Crippen LogP contribution in [0, 0.1) is 0 Å². The van der Waals surface area contributed by atoms with Crippen LogP contribution in [0.2, 0.25) is 0 Å². The van der Waals surface area contributed by atoms with Crippen LogP contribution in [-0.4, -0.2) is 12.4 Å². The standard InChI is InChI=1S/C12H18ClN.ClH/c13-9-8-12-6-2-1-5-11(12)7-3-4-10-14;/h1-2,5-6H,3-4,7-10,14H2;1H. The molecule has 0 bridgehead atoms. The Bertz CT molecular complexity index is 264. The fraction of sp³-hybridized carbons (Fsp3) is 0.500. The smallest absolute Gasteiger partial charge is 0.0264 e. The molecule has 1 nitrogen and oxygen atoms in total. The molecule has 15 heavy (non-hydrogen) atoms. The van der Waals surface area contributed by atoms with Gasteiger partial charge in [-0.1, -0.05) is 24.3 Å². The van der Waals surface area contributed by atoms with E-state index in [1.807, 2.05) is 0 Å². The minimum absolute atomic E-state index is 0. The zero-order valence-electron chi connectivity index (χ0n) is 8.92. The average Bonchev–Trinajstić information content (AvgIpc) is 2.21. The van der Waals surface area contributed by atoms with Crippen molar-refractivity contribution in [2.24, 2.45) is 5.73 Å². The number of benzene rings is 1. The van der Waals surface area contributed by atoms with Gasteiger partial charge in [0.05, 0.1) is 0 Å². The van der Waals surface area contributed by atoms with Crippen LogP contribution in [0.25, 0.3) is 0 Å². The van der Waals surface area contributed by atoms with Crippen LogP contribution >= 0.6 is 24.0 Å². The summed E-state index contributed by atoms with van der Waals surface area (Å²) in [5, 5.41) is 0. The minimum atomic E-state index is 0. The summed E-state index contributed by atoms with van der Waals surface area (Å²) in [4.78, 5) is 0. The Morgan fingerprint density at radius 3 is 2.13 bits per heavy atom. The van der Waals surface area contributed by atoms with Gasteiger partial charge in [-0.3, -0.25) is 0 Å². The number of halogens is 2. The highest BCUT2D eigenvalue weighted by molar-refractivity contribution is 6.18. The van der Waals surface area contributed by atoms with Crippen molar-refractivity contribution >= 4 is 24.0 Å². The maximum Gasteiger partial charge on any atom is 0.0264 e. The fourth-order valence-electron chi connectivity index (χ4n) is 1.61. The van der Waals surface area contributed by atoms with Gasteiger partial charge in [0, 0.05) is 5.88 Å². The van der Waals surface area contributed by atoms with Gasteiger partial charge in [0.2, 0.25) is 0 Å². The first-order valence-electron chi connectivity index (χ1n) is 5.21. The predicted octanol–water partition coefficient (Wildman–Crippen LogP) is 3.17. The number of rotatable bonds is 6. The van der Waals surface area contributed by atoms with Crippen LogP contribution < -0.4 is 5.73 Å². The molecule has 0 aliphatic carbocycles. The Hall–Kier alpha value is -0.240. The molecule has 0 aliphatic rings. The summed E-state index contributed by atoms with van der Waals surface area (Å²) >= 11 is 5.75. The average molecular weight is 248 g/mol. The number of hydrogen-bond donors (Lipinski definition) is 1. The maximum atomic E-state index is 5.75. The molecule has 0 spiro atoms. The van der Waals surface area contributed by atoms with Crippen LogP contribution in [0.4, 0.5) is 0 Å². The van der Waals surface area contributed by atoms with Crippen molar-refractivity contribution in [3.8, 4) is 0 Å². The lowest BCUT2D eigenvalue weighted by Gasteiger charge is -2.07. The van der Waals surface area contributed by atoms with E-state index >= 15 is 0 Å². The van der Waals surface area contributed by atoms with Gasteiger partial charge in [0.25, 0.3) is 0 Å². The van der Waals surface area contributed by atoms with Crippen molar-refractivity contribution in [2.45, 2.75) is 25.7 Å². The van der Waals surface area contributed by atoms with Crippen molar-refractivity contribution < 1.29 is 0 Å². The van der Waals surface area contributed by atoms with Crippen LogP contribution in [0.3, 0.4) is 0 Å². The molecule has 0 aliphatic heterocycles. The van der Waals surface area contributed by atoms with Gasteiger partial charge < -0.3 is 5.73 Å². The first-order valence-corrected chi connectivity index (χ1v) is 5.74. The summed E-state index contributed by atoms with van der Waals surface area (Å²) in [5.41, 5.74) is 8.29. The highest BCUT2D eigenvalue weighted by atomic mass is 35.5. The van der Waals surface area contributed by atoms with Crippen molar-refractivity contribution in [3.63, 3.8) is 0 Å². The maximum absolute atomic E-state index is 5.75. The predicted molar refractivity (Wildman–Crippen MR) is 70.1 cm³/mol. The largest absolute Gasteiger partial charge is 0.330 e. The van der Waals surface area contributed by atoms with Crippen LogP contribution in [0.15, 0.2) is 24.3 Å². The van der Waals surface area contributed by atoms with Crippen LogP contribution in [-0.2, 0) is 12.8 Å². The number of nitrogens with two attached hydrogens (primary N) is 1. The van der Waals surface area contributed by atoms with E-state index in [0.29, 0.717) is 5.88 Å². The van der Waals surface area contributed by atoms with Gasteiger partial charge in [-0.25, -0.2) is 0 Å². The van der Waals surface area contributed by atoms with Crippen molar-refractivity contribution in [1.82, 2.24) is 0 Å².